The Morgan fingerprint density at radius 2 is 1.93 bits per heavy atom. The minimum Gasteiger partial charge on any atom is -0.481 e. The van der Waals surface area contributed by atoms with E-state index in [1.165, 1.54) is 6.92 Å². The molecule has 0 radical (unpaired) electrons. The molecule has 0 aromatic heterocycles. The van der Waals surface area contributed by atoms with Crippen molar-refractivity contribution in [3.8, 4) is 0 Å². The van der Waals surface area contributed by atoms with Gasteiger partial charge in [-0.1, -0.05) is 6.92 Å². The van der Waals surface area contributed by atoms with E-state index in [-0.39, 0.29) is 17.9 Å². The fourth-order valence-electron chi connectivity index (χ4n) is 2.03. The van der Waals surface area contributed by atoms with Crippen LogP contribution in [0.1, 0.15) is 27.2 Å². The molecule has 4 nitrogen and oxygen atoms in total. The Bertz CT molecular complexity index is 252. The van der Waals surface area contributed by atoms with Gasteiger partial charge in [0.2, 0.25) is 5.91 Å². The van der Waals surface area contributed by atoms with Gasteiger partial charge in [0.1, 0.15) is 0 Å². The van der Waals surface area contributed by atoms with Gasteiger partial charge in [-0.05, 0) is 19.3 Å². The predicted octanol–water partition coefficient (Wildman–Crippen LogP) is 0.964. The molecule has 80 valence electrons. The molecule has 1 aliphatic rings. The van der Waals surface area contributed by atoms with Crippen molar-refractivity contribution in [3.05, 3.63) is 0 Å². The molecule has 0 bridgehead atoms. The van der Waals surface area contributed by atoms with Gasteiger partial charge in [0.25, 0.3) is 0 Å². The Morgan fingerprint density at radius 1 is 1.36 bits per heavy atom. The van der Waals surface area contributed by atoms with E-state index < -0.39 is 11.9 Å². The highest BCUT2D eigenvalue weighted by Crippen LogP contribution is 2.27. The molecule has 1 heterocycles. The lowest BCUT2D eigenvalue weighted by Crippen LogP contribution is -2.50. The number of nitrogens with zero attached hydrogens (tertiary/aromatic N) is 1. The van der Waals surface area contributed by atoms with Crippen LogP contribution in [-0.2, 0) is 9.59 Å². The second-order valence-electron chi connectivity index (χ2n) is 4.16. The molecule has 1 fully saturated rings. The van der Waals surface area contributed by atoms with E-state index in [4.69, 9.17) is 5.11 Å². The summed E-state index contributed by atoms with van der Waals surface area (Å²) in [5.74, 6) is -0.968. The molecule has 3 atom stereocenters. The molecule has 4 heteroatoms. The average Bonchev–Trinajstić information content (AvgIpc) is 2.08. The normalized spacial score (nSPS) is 32.8. The molecule has 3 unspecified atom stereocenters. The maximum atomic E-state index is 11.3. The van der Waals surface area contributed by atoms with Gasteiger partial charge in [0, 0.05) is 19.5 Å². The van der Waals surface area contributed by atoms with Crippen LogP contribution >= 0.6 is 0 Å². The molecule has 0 spiro atoms. The largest absolute Gasteiger partial charge is 0.481 e. The Morgan fingerprint density at radius 3 is 2.36 bits per heavy atom. The van der Waals surface area contributed by atoms with Crippen LogP contribution in [0, 0.1) is 11.8 Å². The average molecular weight is 199 g/mol. The highest BCUT2D eigenvalue weighted by molar-refractivity contribution is 5.76. The third kappa shape index (κ3) is 2.05. The van der Waals surface area contributed by atoms with E-state index in [1.807, 2.05) is 13.8 Å². The van der Waals surface area contributed by atoms with Gasteiger partial charge in [-0.15, -0.1) is 0 Å². The third-order valence-electron chi connectivity index (χ3n) is 3.14. The fourth-order valence-corrected chi connectivity index (χ4v) is 2.03. The standard InChI is InChI=1S/C10H17NO3/c1-6-4-9(10(13)14)5-11(7(6)2)8(3)12/h6-7,9H,4-5H2,1-3H3,(H,13,14). The zero-order chi connectivity index (χ0) is 10.9. The molecule has 1 aliphatic heterocycles. The zero-order valence-corrected chi connectivity index (χ0v) is 8.86. The van der Waals surface area contributed by atoms with Crippen LogP contribution in [-0.4, -0.2) is 34.5 Å². The topological polar surface area (TPSA) is 57.6 Å². The van der Waals surface area contributed by atoms with Crippen LogP contribution in [0.5, 0.6) is 0 Å². The lowest BCUT2D eigenvalue weighted by atomic mass is 9.85. The Kier molecular flexibility index (Phi) is 3.13. The number of piperidine rings is 1. The molecule has 0 aliphatic carbocycles. The quantitative estimate of drug-likeness (QED) is 0.684. The summed E-state index contributed by atoms with van der Waals surface area (Å²) in [6, 6.07) is 0.156. The van der Waals surface area contributed by atoms with E-state index in [0.717, 1.165) is 0 Å². The first-order valence-corrected chi connectivity index (χ1v) is 4.93. The fraction of sp³-hybridized carbons (Fsp3) is 0.800. The van der Waals surface area contributed by atoms with Crippen LogP contribution in [0.3, 0.4) is 0 Å². The highest BCUT2D eigenvalue weighted by Gasteiger charge is 2.35. The second-order valence-corrected chi connectivity index (χ2v) is 4.16. The van der Waals surface area contributed by atoms with Crippen molar-refractivity contribution in [3.63, 3.8) is 0 Å². The Balaban J connectivity index is 2.76. The summed E-state index contributed by atoms with van der Waals surface area (Å²) >= 11 is 0. The molecule has 1 rings (SSSR count). The van der Waals surface area contributed by atoms with Crippen molar-refractivity contribution < 1.29 is 14.7 Å². The number of carbonyl (C=O) groups excluding carboxylic acids is 1. The molecule has 0 aromatic rings. The van der Waals surface area contributed by atoms with Crippen molar-refractivity contribution in [2.24, 2.45) is 11.8 Å². The van der Waals surface area contributed by atoms with Gasteiger partial charge in [-0.2, -0.15) is 0 Å². The van der Waals surface area contributed by atoms with Gasteiger partial charge in [-0.25, -0.2) is 0 Å². The number of carboxylic acid groups (broad SMARTS) is 1. The van der Waals surface area contributed by atoms with Crippen molar-refractivity contribution in [2.75, 3.05) is 6.54 Å². The second kappa shape index (κ2) is 3.98. The molecular formula is C10H17NO3. The summed E-state index contributed by atoms with van der Waals surface area (Å²) in [7, 11) is 0. The van der Waals surface area contributed by atoms with E-state index in [2.05, 4.69) is 0 Å². The molecule has 1 N–H and O–H groups in total. The van der Waals surface area contributed by atoms with E-state index in [0.29, 0.717) is 13.0 Å². The number of hydrogen-bond donors (Lipinski definition) is 1. The van der Waals surface area contributed by atoms with Crippen LogP contribution in [0.25, 0.3) is 0 Å². The Hall–Kier alpha value is -1.06. The van der Waals surface area contributed by atoms with Gasteiger partial charge in [0.15, 0.2) is 0 Å². The van der Waals surface area contributed by atoms with Crippen LogP contribution in [0.4, 0.5) is 0 Å². The summed E-state index contributed by atoms with van der Waals surface area (Å²) in [6.07, 6.45) is 0.667. The van der Waals surface area contributed by atoms with Gasteiger partial charge < -0.3 is 10.0 Å². The minimum absolute atomic E-state index is 0.0321. The lowest BCUT2D eigenvalue weighted by molar-refractivity contribution is -0.148. The van der Waals surface area contributed by atoms with Gasteiger partial charge >= 0.3 is 5.97 Å². The number of hydrogen-bond acceptors (Lipinski definition) is 2. The monoisotopic (exact) mass is 199 g/mol. The summed E-state index contributed by atoms with van der Waals surface area (Å²) in [5, 5.41) is 8.90. The van der Waals surface area contributed by atoms with Crippen LogP contribution < -0.4 is 0 Å². The van der Waals surface area contributed by atoms with Crippen molar-refractivity contribution in [2.45, 2.75) is 33.2 Å². The molecule has 1 saturated heterocycles. The molecular weight excluding hydrogens is 182 g/mol. The smallest absolute Gasteiger partial charge is 0.308 e. The lowest BCUT2D eigenvalue weighted by Gasteiger charge is -2.40. The number of likely N-dealkylation sites (tertiary alicyclic amines) is 1. The first-order chi connectivity index (χ1) is 6.43. The predicted molar refractivity (Wildman–Crippen MR) is 51.8 cm³/mol. The number of carboxylic acids is 1. The summed E-state index contributed by atoms with van der Waals surface area (Å²) in [6.45, 7) is 5.82. The van der Waals surface area contributed by atoms with Crippen molar-refractivity contribution in [1.29, 1.82) is 0 Å². The summed E-state index contributed by atoms with van der Waals surface area (Å²) in [5.41, 5.74) is 0. The first kappa shape index (κ1) is 11.0. The van der Waals surface area contributed by atoms with E-state index in [1.54, 1.807) is 4.90 Å². The van der Waals surface area contributed by atoms with Crippen molar-refractivity contribution >= 4 is 11.9 Å². The summed E-state index contributed by atoms with van der Waals surface area (Å²) in [4.78, 5) is 23.8. The number of rotatable bonds is 1. The minimum atomic E-state index is -0.796. The third-order valence-corrected chi connectivity index (χ3v) is 3.14. The molecule has 14 heavy (non-hydrogen) atoms. The van der Waals surface area contributed by atoms with Crippen LogP contribution in [0.2, 0.25) is 0 Å². The number of amides is 1. The first-order valence-electron chi connectivity index (χ1n) is 4.93. The highest BCUT2D eigenvalue weighted by atomic mass is 16.4. The maximum absolute atomic E-state index is 11.3. The van der Waals surface area contributed by atoms with Crippen molar-refractivity contribution in [1.82, 2.24) is 4.90 Å². The molecule has 0 aromatic carbocycles. The maximum Gasteiger partial charge on any atom is 0.308 e. The van der Waals surface area contributed by atoms with Crippen LogP contribution in [0.15, 0.2) is 0 Å². The molecule has 1 amide bonds. The van der Waals surface area contributed by atoms with Gasteiger partial charge in [-0.3, -0.25) is 9.59 Å². The van der Waals surface area contributed by atoms with E-state index in [9.17, 15) is 9.59 Å². The number of carbonyl (C=O) groups is 2. The van der Waals surface area contributed by atoms with Gasteiger partial charge in [0.05, 0.1) is 5.92 Å². The SMILES string of the molecule is CC(=O)N1CC(C(=O)O)CC(C)C1C. The summed E-state index contributed by atoms with van der Waals surface area (Å²) < 4.78 is 0. The molecule has 0 saturated carbocycles. The van der Waals surface area contributed by atoms with E-state index >= 15 is 0 Å². The number of aliphatic carboxylic acids is 1. The Labute approximate surface area is 83.9 Å². The zero-order valence-electron chi connectivity index (χ0n) is 8.86.